The second-order valence-electron chi connectivity index (χ2n) is 8.44. The van der Waals surface area contributed by atoms with Crippen molar-refractivity contribution < 1.29 is 14.3 Å². The Kier molecular flexibility index (Phi) is 5.94. The lowest BCUT2D eigenvalue weighted by Crippen LogP contribution is -2.45. The van der Waals surface area contributed by atoms with E-state index < -0.39 is 6.04 Å². The Bertz CT molecular complexity index is 1180. The van der Waals surface area contributed by atoms with Crippen molar-refractivity contribution in [1.29, 1.82) is 0 Å². The molecule has 2 amide bonds. The van der Waals surface area contributed by atoms with E-state index in [0.29, 0.717) is 22.6 Å². The molecule has 0 unspecified atom stereocenters. The van der Waals surface area contributed by atoms with E-state index in [0.717, 1.165) is 36.8 Å². The summed E-state index contributed by atoms with van der Waals surface area (Å²) in [5.74, 6) is 0.574. The van der Waals surface area contributed by atoms with Crippen LogP contribution < -0.4 is 15.4 Å². The van der Waals surface area contributed by atoms with Gasteiger partial charge in [0.15, 0.2) is 5.78 Å². The highest BCUT2D eigenvalue weighted by molar-refractivity contribution is 6.16. The van der Waals surface area contributed by atoms with Crippen LogP contribution in [0.4, 0.5) is 4.79 Å². The number of carbonyl (C=O) groups is 2. The molecule has 1 heterocycles. The van der Waals surface area contributed by atoms with Crippen LogP contribution in [-0.4, -0.2) is 17.9 Å². The third-order valence-electron chi connectivity index (χ3n) is 6.24. The van der Waals surface area contributed by atoms with Crippen molar-refractivity contribution in [2.45, 2.75) is 37.8 Å². The zero-order valence-electron chi connectivity index (χ0n) is 18.3. The van der Waals surface area contributed by atoms with Crippen molar-refractivity contribution in [3.05, 3.63) is 107 Å². The topological polar surface area (TPSA) is 67.4 Å². The number of urea groups is 1. The summed E-state index contributed by atoms with van der Waals surface area (Å²) in [5.41, 5.74) is 3.15. The van der Waals surface area contributed by atoms with Crippen molar-refractivity contribution >= 4 is 17.5 Å². The number of ketones is 1. The Morgan fingerprint density at radius 3 is 2.18 bits per heavy atom. The van der Waals surface area contributed by atoms with Crippen molar-refractivity contribution in [2.24, 2.45) is 0 Å². The van der Waals surface area contributed by atoms with Gasteiger partial charge in [-0.2, -0.15) is 0 Å². The first-order chi connectivity index (χ1) is 16.2. The second-order valence-corrected chi connectivity index (χ2v) is 8.44. The van der Waals surface area contributed by atoms with Gasteiger partial charge in [0.2, 0.25) is 0 Å². The molecule has 0 aromatic heterocycles. The molecule has 1 saturated carbocycles. The highest BCUT2D eigenvalue weighted by atomic mass is 16.5. The molecule has 1 atom stereocenters. The fourth-order valence-electron chi connectivity index (χ4n) is 4.63. The van der Waals surface area contributed by atoms with Crippen molar-refractivity contribution in [3.63, 3.8) is 0 Å². The summed E-state index contributed by atoms with van der Waals surface area (Å²) in [7, 11) is 0. The molecule has 5 nitrogen and oxygen atoms in total. The van der Waals surface area contributed by atoms with Crippen LogP contribution in [0.2, 0.25) is 0 Å². The Labute approximate surface area is 193 Å². The first kappa shape index (κ1) is 21.0. The minimum Gasteiger partial charge on any atom is -0.490 e. The van der Waals surface area contributed by atoms with Crippen LogP contribution in [0.5, 0.6) is 5.75 Å². The first-order valence-electron chi connectivity index (χ1n) is 11.4. The number of hydrogen-bond acceptors (Lipinski definition) is 3. The molecule has 33 heavy (non-hydrogen) atoms. The monoisotopic (exact) mass is 438 g/mol. The highest BCUT2D eigenvalue weighted by Crippen LogP contribution is 2.38. The van der Waals surface area contributed by atoms with Crippen LogP contribution in [0.3, 0.4) is 0 Å². The van der Waals surface area contributed by atoms with Gasteiger partial charge < -0.3 is 15.4 Å². The summed E-state index contributed by atoms with van der Waals surface area (Å²) in [6, 6.07) is 25.4. The SMILES string of the molecule is O=C1NC(c2ccccc2)=C(C(=O)c2ccccc2)[C@H](c2ccccc2OC2CCCC2)N1. The summed E-state index contributed by atoms with van der Waals surface area (Å²) in [6.45, 7) is 0. The number of Topliss-reactive ketones (excluding diaryl/α,β-unsaturated/α-hetero) is 1. The number of benzene rings is 3. The van der Waals surface area contributed by atoms with Crippen molar-refractivity contribution in [2.75, 3.05) is 0 Å². The van der Waals surface area contributed by atoms with Crippen molar-refractivity contribution in [1.82, 2.24) is 10.6 Å². The van der Waals surface area contributed by atoms with E-state index in [1.54, 1.807) is 12.1 Å². The number of hydrogen-bond donors (Lipinski definition) is 2. The average molecular weight is 439 g/mol. The third kappa shape index (κ3) is 4.40. The standard InChI is InChI=1S/C28H26N2O3/c31-27(20-13-5-2-6-14-20)24-25(19-11-3-1-4-12-19)29-28(32)30-26(24)22-17-9-10-18-23(22)33-21-15-7-8-16-21/h1-6,9-14,17-18,21,26H,7-8,15-16H2,(H2,29,30,32)/t26-/m0/s1. The number of carbonyl (C=O) groups excluding carboxylic acids is 2. The molecular weight excluding hydrogens is 412 g/mol. The van der Waals surface area contributed by atoms with Crippen LogP contribution in [0.1, 0.15) is 53.2 Å². The minimum absolute atomic E-state index is 0.136. The molecule has 3 aromatic carbocycles. The molecular formula is C28H26N2O3. The summed E-state index contributed by atoms with van der Waals surface area (Å²) in [4.78, 5) is 26.6. The Balaban J connectivity index is 1.66. The predicted octanol–water partition coefficient (Wildman–Crippen LogP) is 5.66. The number of ether oxygens (including phenoxy) is 1. The van der Waals surface area contributed by atoms with E-state index >= 15 is 0 Å². The molecule has 0 bridgehead atoms. The van der Waals surface area contributed by atoms with Gasteiger partial charge in [0, 0.05) is 11.1 Å². The summed E-state index contributed by atoms with van der Waals surface area (Å²) in [5, 5.41) is 5.88. The largest absolute Gasteiger partial charge is 0.490 e. The molecule has 1 aliphatic heterocycles. The summed E-state index contributed by atoms with van der Waals surface area (Å²) < 4.78 is 6.36. The molecule has 5 rings (SSSR count). The molecule has 3 aromatic rings. The van der Waals surface area contributed by atoms with E-state index in [1.807, 2.05) is 72.8 Å². The molecule has 2 N–H and O–H groups in total. The normalized spacial score (nSPS) is 18.5. The predicted molar refractivity (Wildman–Crippen MR) is 128 cm³/mol. The average Bonchev–Trinajstić information content (AvgIpc) is 3.38. The molecule has 1 fully saturated rings. The molecule has 0 spiro atoms. The Hall–Kier alpha value is -3.86. The number of rotatable bonds is 6. The van der Waals surface area contributed by atoms with E-state index in [-0.39, 0.29) is 17.9 Å². The van der Waals surface area contributed by atoms with Crippen LogP contribution in [0.15, 0.2) is 90.5 Å². The maximum atomic E-state index is 13.8. The van der Waals surface area contributed by atoms with Gasteiger partial charge in [-0.15, -0.1) is 0 Å². The lowest BCUT2D eigenvalue weighted by molar-refractivity contribution is 0.102. The van der Waals surface area contributed by atoms with E-state index in [1.165, 1.54) is 0 Å². The van der Waals surface area contributed by atoms with E-state index in [2.05, 4.69) is 10.6 Å². The Morgan fingerprint density at radius 2 is 1.45 bits per heavy atom. The first-order valence-corrected chi connectivity index (χ1v) is 11.4. The maximum absolute atomic E-state index is 13.8. The van der Waals surface area contributed by atoms with Gasteiger partial charge in [-0.1, -0.05) is 78.9 Å². The van der Waals surface area contributed by atoms with Crippen LogP contribution in [0, 0.1) is 0 Å². The molecule has 166 valence electrons. The zero-order valence-corrected chi connectivity index (χ0v) is 18.3. The lowest BCUT2D eigenvalue weighted by Gasteiger charge is -2.31. The van der Waals surface area contributed by atoms with Gasteiger partial charge in [-0.3, -0.25) is 4.79 Å². The molecule has 1 aliphatic carbocycles. The summed E-state index contributed by atoms with van der Waals surface area (Å²) >= 11 is 0. The fourth-order valence-corrected chi connectivity index (χ4v) is 4.63. The van der Waals surface area contributed by atoms with E-state index in [9.17, 15) is 9.59 Å². The maximum Gasteiger partial charge on any atom is 0.320 e. The highest BCUT2D eigenvalue weighted by Gasteiger charge is 2.35. The second kappa shape index (κ2) is 9.33. The van der Waals surface area contributed by atoms with Crippen molar-refractivity contribution in [3.8, 4) is 5.75 Å². The van der Waals surface area contributed by atoms with Gasteiger partial charge in [-0.25, -0.2) is 4.79 Å². The Morgan fingerprint density at radius 1 is 0.818 bits per heavy atom. The quantitative estimate of drug-likeness (QED) is 0.488. The van der Waals surface area contributed by atoms with Crippen LogP contribution >= 0.6 is 0 Å². The zero-order chi connectivity index (χ0) is 22.6. The third-order valence-corrected chi connectivity index (χ3v) is 6.24. The number of amides is 2. The molecule has 5 heteroatoms. The number of para-hydroxylation sites is 1. The molecule has 2 aliphatic rings. The van der Waals surface area contributed by atoms with Gasteiger partial charge in [0.1, 0.15) is 5.75 Å². The fraction of sp³-hybridized carbons (Fsp3) is 0.214. The van der Waals surface area contributed by atoms with Gasteiger partial charge in [0.05, 0.1) is 23.4 Å². The van der Waals surface area contributed by atoms with Gasteiger partial charge in [-0.05, 0) is 37.3 Å². The minimum atomic E-state index is -0.640. The van der Waals surface area contributed by atoms with Gasteiger partial charge in [0.25, 0.3) is 0 Å². The van der Waals surface area contributed by atoms with Gasteiger partial charge >= 0.3 is 6.03 Å². The summed E-state index contributed by atoms with van der Waals surface area (Å²) in [6.07, 6.45) is 4.52. The number of nitrogens with one attached hydrogen (secondary N) is 2. The lowest BCUT2D eigenvalue weighted by atomic mass is 9.87. The van der Waals surface area contributed by atoms with E-state index in [4.69, 9.17) is 4.74 Å². The van der Waals surface area contributed by atoms with Crippen LogP contribution in [0.25, 0.3) is 5.70 Å². The van der Waals surface area contributed by atoms with Crippen LogP contribution in [-0.2, 0) is 0 Å². The smallest absolute Gasteiger partial charge is 0.320 e. The molecule has 0 radical (unpaired) electrons. The molecule has 0 saturated heterocycles.